The zero-order valence-electron chi connectivity index (χ0n) is 12.0. The van der Waals surface area contributed by atoms with Gasteiger partial charge in [0, 0.05) is 49.6 Å². The fraction of sp³-hybridized carbons (Fsp3) is 0.667. The van der Waals surface area contributed by atoms with Crippen LogP contribution in [0.15, 0.2) is 12.1 Å². The summed E-state index contributed by atoms with van der Waals surface area (Å²) in [4.78, 5) is 12.8. The van der Waals surface area contributed by atoms with Crippen molar-refractivity contribution in [1.29, 1.82) is 0 Å². The molecule has 2 rings (SSSR count). The van der Waals surface area contributed by atoms with Crippen molar-refractivity contribution >= 4 is 41.2 Å². The summed E-state index contributed by atoms with van der Waals surface area (Å²) in [6.07, 6.45) is -5.16. The molecule has 0 bridgehead atoms. The van der Waals surface area contributed by atoms with Gasteiger partial charge >= 0.3 is 11.2 Å². The second-order valence-corrected chi connectivity index (χ2v) is 5.98. The quantitative estimate of drug-likeness (QED) is 0.608. The Kier molecular flexibility index (Phi) is 9.37. The Morgan fingerprint density at radius 2 is 1.91 bits per heavy atom. The summed E-state index contributed by atoms with van der Waals surface area (Å²) in [6.45, 7) is 2.73. The fourth-order valence-electron chi connectivity index (χ4n) is 2.42. The van der Waals surface area contributed by atoms with Crippen molar-refractivity contribution in [2.75, 3.05) is 26.2 Å². The maximum absolute atomic E-state index is 12.5. The number of hydrogen-bond donors (Lipinski definition) is 1. The van der Waals surface area contributed by atoms with E-state index in [1.165, 1.54) is 6.07 Å². The molecule has 0 amide bonds. The number of thiophene rings is 1. The van der Waals surface area contributed by atoms with E-state index < -0.39 is 23.6 Å². The Bertz CT molecular complexity index is 496. The molecule has 0 aromatic carbocycles. The first-order valence-electron chi connectivity index (χ1n) is 6.62. The third-order valence-electron chi connectivity index (χ3n) is 3.41. The minimum absolute atomic E-state index is 0. The van der Waals surface area contributed by atoms with Crippen LogP contribution in [-0.2, 0) is 0 Å². The van der Waals surface area contributed by atoms with E-state index in [9.17, 15) is 23.3 Å². The molecule has 11 heteroatoms. The first-order valence-corrected chi connectivity index (χ1v) is 7.44. The van der Waals surface area contributed by atoms with Crippen LogP contribution in [-0.4, -0.2) is 42.2 Å². The van der Waals surface area contributed by atoms with Gasteiger partial charge in [0.1, 0.15) is 0 Å². The highest BCUT2D eigenvalue weighted by Gasteiger charge is 2.32. The summed E-state index contributed by atoms with van der Waals surface area (Å²) in [7, 11) is 0. The molecule has 2 heterocycles. The van der Waals surface area contributed by atoms with Gasteiger partial charge in [0.05, 0.1) is 4.92 Å². The Labute approximate surface area is 148 Å². The molecule has 0 aliphatic carbocycles. The average Bonchev–Trinajstić information content (AvgIpc) is 2.89. The van der Waals surface area contributed by atoms with Gasteiger partial charge in [0.2, 0.25) is 0 Å². The standard InChI is InChI=1S/C12H16F3N3O2S.2ClH/c13-12(14,15)4-3-9(17-7-5-16-6-8-17)10-1-2-11(21-10)18(19)20;;/h1-2,9,16H,3-8H2;2*1H/t9-;;/m1../s1. The lowest BCUT2D eigenvalue weighted by Crippen LogP contribution is -2.45. The molecule has 1 aromatic heterocycles. The molecular formula is C12H18Cl2F3N3O2S. The van der Waals surface area contributed by atoms with Crippen LogP contribution < -0.4 is 5.32 Å². The van der Waals surface area contributed by atoms with Crippen LogP contribution in [0.2, 0.25) is 0 Å². The van der Waals surface area contributed by atoms with Gasteiger partial charge in [-0.3, -0.25) is 15.0 Å². The smallest absolute Gasteiger partial charge is 0.314 e. The Hall–Kier alpha value is -0.610. The van der Waals surface area contributed by atoms with Gasteiger partial charge < -0.3 is 5.32 Å². The van der Waals surface area contributed by atoms with Crippen molar-refractivity contribution in [3.8, 4) is 0 Å². The molecule has 1 aliphatic heterocycles. The van der Waals surface area contributed by atoms with Crippen LogP contribution in [0.5, 0.6) is 0 Å². The van der Waals surface area contributed by atoms with Gasteiger partial charge in [-0.05, 0) is 12.5 Å². The van der Waals surface area contributed by atoms with Crippen LogP contribution in [0.3, 0.4) is 0 Å². The second-order valence-electron chi connectivity index (χ2n) is 4.89. The lowest BCUT2D eigenvalue weighted by molar-refractivity contribution is -0.380. The second kappa shape index (κ2) is 9.63. The molecule has 1 saturated heterocycles. The van der Waals surface area contributed by atoms with Gasteiger partial charge in [-0.1, -0.05) is 11.3 Å². The molecule has 1 fully saturated rings. The van der Waals surface area contributed by atoms with Crippen molar-refractivity contribution in [2.45, 2.75) is 25.1 Å². The summed E-state index contributed by atoms with van der Waals surface area (Å²) >= 11 is 0.965. The average molecular weight is 396 g/mol. The largest absolute Gasteiger partial charge is 0.389 e. The number of hydrogen-bond acceptors (Lipinski definition) is 5. The van der Waals surface area contributed by atoms with Crippen molar-refractivity contribution in [3.05, 3.63) is 27.1 Å². The highest BCUT2D eigenvalue weighted by molar-refractivity contribution is 7.15. The summed E-state index contributed by atoms with van der Waals surface area (Å²) in [5, 5.41) is 13.9. The van der Waals surface area contributed by atoms with E-state index in [-0.39, 0.29) is 36.2 Å². The number of rotatable bonds is 5. The zero-order chi connectivity index (χ0) is 15.5. The summed E-state index contributed by atoms with van der Waals surface area (Å²) in [6, 6.07) is 2.53. The normalized spacial score (nSPS) is 17.0. The number of alkyl halides is 3. The molecule has 0 radical (unpaired) electrons. The van der Waals surface area contributed by atoms with Crippen LogP contribution in [0, 0.1) is 10.1 Å². The molecule has 0 unspecified atom stereocenters. The highest BCUT2D eigenvalue weighted by atomic mass is 35.5. The highest BCUT2D eigenvalue weighted by Crippen LogP contribution is 2.37. The molecule has 1 aromatic rings. The summed E-state index contributed by atoms with van der Waals surface area (Å²) in [5.74, 6) is 0. The van der Waals surface area contributed by atoms with Crippen molar-refractivity contribution in [3.63, 3.8) is 0 Å². The Balaban J connectivity index is 0.00000242. The number of halogens is 5. The molecule has 0 saturated carbocycles. The van der Waals surface area contributed by atoms with Gasteiger partial charge in [0.15, 0.2) is 0 Å². The first kappa shape index (κ1) is 22.4. The molecule has 0 spiro atoms. The van der Waals surface area contributed by atoms with Crippen molar-refractivity contribution in [1.82, 2.24) is 10.2 Å². The van der Waals surface area contributed by atoms with Crippen LogP contribution >= 0.6 is 36.2 Å². The third-order valence-corrected chi connectivity index (χ3v) is 4.55. The van der Waals surface area contributed by atoms with Gasteiger partial charge in [-0.2, -0.15) is 13.2 Å². The van der Waals surface area contributed by atoms with Gasteiger partial charge in [-0.25, -0.2) is 0 Å². The zero-order valence-corrected chi connectivity index (χ0v) is 14.5. The molecule has 5 nitrogen and oxygen atoms in total. The van der Waals surface area contributed by atoms with E-state index in [2.05, 4.69) is 5.32 Å². The lowest BCUT2D eigenvalue weighted by atomic mass is 10.1. The summed E-state index contributed by atoms with van der Waals surface area (Å²) in [5.41, 5.74) is 0. The first-order chi connectivity index (χ1) is 9.87. The van der Waals surface area contributed by atoms with E-state index in [1.807, 2.05) is 4.90 Å². The number of nitro groups is 1. The molecule has 1 N–H and O–H groups in total. The van der Waals surface area contributed by atoms with Gasteiger partial charge in [-0.15, -0.1) is 24.8 Å². The maximum atomic E-state index is 12.5. The molecule has 1 atom stereocenters. The number of nitrogens with zero attached hydrogens (tertiary/aromatic N) is 2. The minimum atomic E-state index is -4.21. The van der Waals surface area contributed by atoms with Crippen LogP contribution in [0.1, 0.15) is 23.8 Å². The topological polar surface area (TPSA) is 58.4 Å². The lowest BCUT2D eigenvalue weighted by Gasteiger charge is -2.34. The Morgan fingerprint density at radius 3 is 2.39 bits per heavy atom. The molecule has 23 heavy (non-hydrogen) atoms. The predicted molar refractivity (Wildman–Crippen MR) is 87.9 cm³/mol. The molecule has 1 aliphatic rings. The SMILES string of the molecule is Cl.Cl.O=[N+]([O-])c1ccc([C@@H](CCC(F)(F)F)N2CCNCC2)s1. The Morgan fingerprint density at radius 1 is 1.30 bits per heavy atom. The maximum Gasteiger partial charge on any atom is 0.389 e. The van der Waals surface area contributed by atoms with Crippen LogP contribution in [0.25, 0.3) is 0 Å². The fourth-order valence-corrected chi connectivity index (χ4v) is 3.41. The minimum Gasteiger partial charge on any atom is -0.314 e. The van der Waals surface area contributed by atoms with Gasteiger partial charge in [0.25, 0.3) is 0 Å². The van der Waals surface area contributed by atoms with Crippen LogP contribution in [0.4, 0.5) is 18.2 Å². The van der Waals surface area contributed by atoms with E-state index in [1.54, 1.807) is 6.07 Å². The van der Waals surface area contributed by atoms with Crippen molar-refractivity contribution in [2.24, 2.45) is 0 Å². The van der Waals surface area contributed by atoms with E-state index in [0.29, 0.717) is 18.0 Å². The molecular weight excluding hydrogens is 378 g/mol. The third kappa shape index (κ3) is 6.80. The van der Waals surface area contributed by atoms with E-state index in [4.69, 9.17) is 0 Å². The number of piperazine rings is 1. The monoisotopic (exact) mass is 395 g/mol. The predicted octanol–water partition coefficient (Wildman–Crippen LogP) is 3.79. The molecule has 134 valence electrons. The summed E-state index contributed by atoms with van der Waals surface area (Å²) < 4.78 is 37.5. The van der Waals surface area contributed by atoms with E-state index in [0.717, 1.165) is 24.4 Å². The van der Waals surface area contributed by atoms with Crippen molar-refractivity contribution < 1.29 is 18.1 Å². The van der Waals surface area contributed by atoms with E-state index >= 15 is 0 Å². The number of nitrogens with one attached hydrogen (secondary N) is 1.